The van der Waals surface area contributed by atoms with E-state index in [-0.39, 0.29) is 6.29 Å². The number of hydrogen-bond acceptors (Lipinski definition) is 2. The first kappa shape index (κ1) is 6.54. The molecule has 2 atom stereocenters. The zero-order valence-corrected chi connectivity index (χ0v) is 4.18. The standard InChI is InChI=1S/C4H3F3O2/c5-4(6,7)3-2(1-8)9-3/h1-3H. The largest absolute Gasteiger partial charge is 0.417 e. The highest BCUT2D eigenvalue weighted by Gasteiger charge is 2.58. The molecule has 0 aliphatic carbocycles. The molecule has 0 saturated carbocycles. The van der Waals surface area contributed by atoms with Crippen molar-refractivity contribution in [3.63, 3.8) is 0 Å². The first-order chi connectivity index (χ1) is 4.05. The lowest BCUT2D eigenvalue weighted by molar-refractivity contribution is -0.146. The number of halogens is 3. The van der Waals surface area contributed by atoms with E-state index in [2.05, 4.69) is 4.74 Å². The summed E-state index contributed by atoms with van der Waals surface area (Å²) in [7, 11) is 0. The summed E-state index contributed by atoms with van der Waals surface area (Å²) in [6.45, 7) is 0. The predicted molar refractivity (Wildman–Crippen MR) is 20.8 cm³/mol. The maximum absolute atomic E-state index is 11.4. The molecule has 0 bridgehead atoms. The minimum absolute atomic E-state index is 0.151. The highest BCUT2D eigenvalue weighted by Crippen LogP contribution is 2.36. The second-order valence-electron chi connectivity index (χ2n) is 1.70. The van der Waals surface area contributed by atoms with E-state index >= 15 is 0 Å². The van der Waals surface area contributed by atoms with Gasteiger partial charge in [0.2, 0.25) is 0 Å². The molecule has 2 unspecified atom stereocenters. The van der Waals surface area contributed by atoms with Gasteiger partial charge in [0, 0.05) is 0 Å². The maximum atomic E-state index is 11.4. The second kappa shape index (κ2) is 1.70. The maximum Gasteiger partial charge on any atom is 0.417 e. The number of alkyl halides is 3. The first-order valence-electron chi connectivity index (χ1n) is 2.23. The molecule has 1 saturated heterocycles. The van der Waals surface area contributed by atoms with Crippen molar-refractivity contribution in [2.45, 2.75) is 18.4 Å². The Morgan fingerprint density at radius 1 is 1.44 bits per heavy atom. The van der Waals surface area contributed by atoms with Gasteiger partial charge >= 0.3 is 6.18 Å². The normalized spacial score (nSPS) is 34.1. The average molecular weight is 140 g/mol. The van der Waals surface area contributed by atoms with E-state index in [9.17, 15) is 18.0 Å². The van der Waals surface area contributed by atoms with Crippen LogP contribution in [0.4, 0.5) is 13.2 Å². The van der Waals surface area contributed by atoms with Gasteiger partial charge in [0.15, 0.2) is 12.4 Å². The fourth-order valence-electron chi connectivity index (χ4n) is 0.491. The second-order valence-corrected chi connectivity index (χ2v) is 1.70. The predicted octanol–water partition coefficient (Wildman–Crippen LogP) is 0.515. The van der Waals surface area contributed by atoms with Crippen LogP contribution < -0.4 is 0 Å². The molecule has 1 heterocycles. The SMILES string of the molecule is O=CC1OC1C(F)(F)F. The van der Waals surface area contributed by atoms with Gasteiger partial charge in [0.05, 0.1) is 0 Å². The molecule has 1 aliphatic heterocycles. The van der Waals surface area contributed by atoms with Crippen molar-refractivity contribution in [1.29, 1.82) is 0 Å². The molecular weight excluding hydrogens is 137 g/mol. The van der Waals surface area contributed by atoms with Crippen molar-refractivity contribution in [2.75, 3.05) is 0 Å². The van der Waals surface area contributed by atoms with Crippen LogP contribution in [0.3, 0.4) is 0 Å². The third-order valence-electron chi connectivity index (χ3n) is 0.982. The Morgan fingerprint density at radius 2 is 2.00 bits per heavy atom. The van der Waals surface area contributed by atoms with Crippen LogP contribution in [0.2, 0.25) is 0 Å². The summed E-state index contributed by atoms with van der Waals surface area (Å²) in [6.07, 6.45) is -7.30. The zero-order chi connectivity index (χ0) is 7.07. The smallest absolute Gasteiger partial charge is 0.352 e. The molecule has 2 nitrogen and oxygen atoms in total. The number of aldehydes is 1. The summed E-state index contributed by atoms with van der Waals surface area (Å²) in [5.41, 5.74) is 0. The molecule has 0 spiro atoms. The van der Waals surface area contributed by atoms with Crippen molar-refractivity contribution in [3.8, 4) is 0 Å². The van der Waals surface area contributed by atoms with E-state index in [1.165, 1.54) is 0 Å². The number of hydrogen-bond donors (Lipinski definition) is 0. The molecule has 0 aromatic heterocycles. The first-order valence-corrected chi connectivity index (χ1v) is 2.23. The van der Waals surface area contributed by atoms with Crippen LogP contribution in [0.15, 0.2) is 0 Å². The average Bonchev–Trinajstić information content (AvgIpc) is 2.39. The number of carbonyl (C=O) groups excluding carboxylic acids is 1. The van der Waals surface area contributed by atoms with Gasteiger partial charge in [-0.2, -0.15) is 13.2 Å². The Bertz CT molecular complexity index is 130. The lowest BCUT2D eigenvalue weighted by Crippen LogP contribution is -2.19. The van der Waals surface area contributed by atoms with Gasteiger partial charge in [-0.3, -0.25) is 0 Å². The Hall–Kier alpha value is -0.580. The van der Waals surface area contributed by atoms with Gasteiger partial charge in [-0.1, -0.05) is 0 Å². The molecule has 0 aromatic carbocycles. The molecule has 1 fully saturated rings. The summed E-state index contributed by atoms with van der Waals surface area (Å²) in [6, 6.07) is 0. The molecule has 0 N–H and O–H groups in total. The number of rotatable bonds is 1. The van der Waals surface area contributed by atoms with Crippen molar-refractivity contribution in [1.82, 2.24) is 0 Å². The molecule has 0 amide bonds. The topological polar surface area (TPSA) is 29.6 Å². The fourth-order valence-corrected chi connectivity index (χ4v) is 0.491. The summed E-state index contributed by atoms with van der Waals surface area (Å²) in [4.78, 5) is 9.60. The van der Waals surface area contributed by atoms with E-state index < -0.39 is 18.4 Å². The van der Waals surface area contributed by atoms with Gasteiger partial charge in [-0.15, -0.1) is 0 Å². The Morgan fingerprint density at radius 3 is 2.11 bits per heavy atom. The van der Waals surface area contributed by atoms with Crippen LogP contribution >= 0.6 is 0 Å². The van der Waals surface area contributed by atoms with Crippen LogP contribution in [-0.4, -0.2) is 24.7 Å². The minimum atomic E-state index is -4.37. The molecule has 1 rings (SSSR count). The van der Waals surface area contributed by atoms with Gasteiger partial charge in [0.1, 0.15) is 6.10 Å². The monoisotopic (exact) mass is 140 g/mol. The molecule has 52 valence electrons. The van der Waals surface area contributed by atoms with E-state index in [1.54, 1.807) is 0 Å². The molecule has 9 heavy (non-hydrogen) atoms. The summed E-state index contributed by atoms with van der Waals surface area (Å²) in [5.74, 6) is 0. The summed E-state index contributed by atoms with van der Waals surface area (Å²) in [5, 5.41) is 0. The van der Waals surface area contributed by atoms with E-state index in [1.807, 2.05) is 0 Å². The van der Waals surface area contributed by atoms with Crippen LogP contribution in [0.1, 0.15) is 0 Å². The number of carbonyl (C=O) groups is 1. The van der Waals surface area contributed by atoms with Crippen LogP contribution in [0.5, 0.6) is 0 Å². The minimum Gasteiger partial charge on any atom is -0.352 e. The Balaban J connectivity index is 2.42. The van der Waals surface area contributed by atoms with E-state index in [4.69, 9.17) is 0 Å². The van der Waals surface area contributed by atoms with Crippen LogP contribution in [0.25, 0.3) is 0 Å². The summed E-state index contributed by atoms with van der Waals surface area (Å²) < 4.78 is 38.1. The molecule has 5 heteroatoms. The Labute approximate surface area is 48.6 Å². The number of epoxide rings is 1. The fraction of sp³-hybridized carbons (Fsp3) is 0.750. The lowest BCUT2D eigenvalue weighted by atomic mass is 10.3. The van der Waals surface area contributed by atoms with Gasteiger partial charge < -0.3 is 9.53 Å². The quantitative estimate of drug-likeness (QED) is 0.392. The third-order valence-corrected chi connectivity index (χ3v) is 0.982. The molecule has 0 radical (unpaired) electrons. The van der Waals surface area contributed by atoms with Crippen molar-refractivity contribution < 1.29 is 22.7 Å². The van der Waals surface area contributed by atoms with Gasteiger partial charge in [-0.25, -0.2) is 0 Å². The van der Waals surface area contributed by atoms with Gasteiger partial charge in [0.25, 0.3) is 0 Å². The van der Waals surface area contributed by atoms with Crippen LogP contribution in [-0.2, 0) is 9.53 Å². The van der Waals surface area contributed by atoms with Crippen molar-refractivity contribution in [3.05, 3.63) is 0 Å². The van der Waals surface area contributed by atoms with E-state index in [0.717, 1.165) is 0 Å². The number of ether oxygens (including phenoxy) is 1. The third kappa shape index (κ3) is 1.21. The lowest BCUT2D eigenvalue weighted by Gasteiger charge is -1.97. The molecule has 0 aromatic rings. The van der Waals surface area contributed by atoms with E-state index in [0.29, 0.717) is 0 Å². The van der Waals surface area contributed by atoms with Crippen molar-refractivity contribution in [2.24, 2.45) is 0 Å². The zero-order valence-electron chi connectivity index (χ0n) is 4.18. The van der Waals surface area contributed by atoms with Gasteiger partial charge in [-0.05, 0) is 0 Å². The van der Waals surface area contributed by atoms with Crippen molar-refractivity contribution >= 4 is 6.29 Å². The highest BCUT2D eigenvalue weighted by atomic mass is 19.4. The van der Waals surface area contributed by atoms with Crippen LogP contribution in [0, 0.1) is 0 Å². The highest BCUT2D eigenvalue weighted by molar-refractivity contribution is 5.60. The molecule has 1 aliphatic rings. The Kier molecular flexibility index (Phi) is 1.23. The summed E-state index contributed by atoms with van der Waals surface area (Å²) >= 11 is 0. The molecular formula is C4H3F3O2.